The fraction of sp³-hybridized carbons (Fsp3) is 0.667. The van der Waals surface area contributed by atoms with E-state index < -0.39 is 30.3 Å². The fourth-order valence-corrected chi connectivity index (χ4v) is 0.657. The van der Waals surface area contributed by atoms with E-state index in [0.29, 0.717) is 0 Å². The summed E-state index contributed by atoms with van der Waals surface area (Å²) in [4.78, 5) is 20.3. The number of carbonyl (C=O) groups excluding carboxylic acids is 2. The topological polar surface area (TPSA) is 57.2 Å². The summed E-state index contributed by atoms with van der Waals surface area (Å²) in [6.07, 6.45) is -5.51. The van der Waals surface area contributed by atoms with Gasteiger partial charge in [-0.3, -0.25) is 4.79 Å². The molecule has 0 aromatic heterocycles. The van der Waals surface area contributed by atoms with Crippen molar-refractivity contribution in [1.29, 1.82) is 0 Å². The average Bonchev–Trinajstić information content (AvgIpc) is 1.86. The van der Waals surface area contributed by atoms with E-state index in [-0.39, 0.29) is 29.6 Å². The number of aliphatic carboxylic acids is 1. The summed E-state index contributed by atoms with van der Waals surface area (Å²) in [5.74, 6) is -6.32. The second kappa shape index (κ2) is 5.62. The van der Waals surface area contributed by atoms with Crippen molar-refractivity contribution in [2.45, 2.75) is 19.5 Å². The van der Waals surface area contributed by atoms with Gasteiger partial charge >= 0.3 is 35.7 Å². The fourth-order valence-electron chi connectivity index (χ4n) is 0.657. The number of carboxylic acids is 1. The van der Waals surface area contributed by atoms with E-state index in [4.69, 9.17) is 0 Å². The normalized spacial score (nSPS) is 12.9. The molecule has 0 saturated carbocycles. The molecule has 0 radical (unpaired) electrons. The van der Waals surface area contributed by atoms with E-state index in [0.717, 1.165) is 0 Å². The van der Waals surface area contributed by atoms with Crippen molar-refractivity contribution >= 4 is 11.8 Å². The largest absolute Gasteiger partial charge is 1.00 e. The van der Waals surface area contributed by atoms with Crippen LogP contribution in [0.25, 0.3) is 0 Å². The van der Waals surface area contributed by atoms with Gasteiger partial charge in [0.1, 0.15) is 0 Å². The molecular weight excluding hydrogens is 200 g/mol. The summed E-state index contributed by atoms with van der Waals surface area (Å²) in [5.41, 5.74) is 0. The Kier molecular flexibility index (Phi) is 6.65. The van der Waals surface area contributed by atoms with Crippen LogP contribution >= 0.6 is 0 Å². The molecule has 0 aliphatic heterocycles. The van der Waals surface area contributed by atoms with Crippen LogP contribution in [0.4, 0.5) is 13.2 Å². The van der Waals surface area contributed by atoms with Gasteiger partial charge in [0.05, 0.1) is 11.9 Å². The summed E-state index contributed by atoms with van der Waals surface area (Å²) in [6.45, 7) is 1.17. The predicted molar refractivity (Wildman–Crippen MR) is 29.8 cm³/mol. The SMILES string of the molecule is CCC(C(=O)[O-])C(=O)C(F)(F)F.[Na+]. The molecule has 70 valence electrons. The molecule has 0 spiro atoms. The molecule has 0 aliphatic rings. The molecule has 0 aromatic carbocycles. The molecule has 0 bridgehead atoms. The Hall–Kier alpha value is -0.0700. The first-order valence-corrected chi connectivity index (χ1v) is 3.12. The van der Waals surface area contributed by atoms with Gasteiger partial charge in [0.25, 0.3) is 0 Å². The number of carboxylic acid groups (broad SMARTS) is 1. The van der Waals surface area contributed by atoms with Crippen LogP contribution in [0.15, 0.2) is 0 Å². The Labute approximate surface area is 94.6 Å². The molecule has 0 saturated heterocycles. The molecule has 0 fully saturated rings. The Bertz CT molecular complexity index is 202. The Morgan fingerprint density at radius 3 is 1.85 bits per heavy atom. The second-order valence-electron chi connectivity index (χ2n) is 2.14. The number of alkyl halides is 3. The first-order valence-electron chi connectivity index (χ1n) is 3.12. The molecule has 0 rings (SSSR count). The number of Topliss-reactive ketones (excluding diaryl/α,β-unsaturated/α-hetero) is 1. The smallest absolute Gasteiger partial charge is 0.549 e. The maximum absolute atomic E-state index is 11.6. The molecular formula is C6H6F3NaO3. The first kappa shape index (κ1) is 15.4. The molecule has 1 unspecified atom stereocenters. The van der Waals surface area contributed by atoms with Crippen LogP contribution < -0.4 is 34.7 Å². The molecule has 0 aromatic rings. The standard InChI is InChI=1S/C6H7F3O3.Na/c1-2-3(5(11)12)4(10)6(7,8)9;/h3H,2H2,1H3,(H,11,12);/q;+1/p-1. The van der Waals surface area contributed by atoms with Gasteiger partial charge in [-0.25, -0.2) is 0 Å². The van der Waals surface area contributed by atoms with Crippen molar-refractivity contribution in [3.8, 4) is 0 Å². The average molecular weight is 206 g/mol. The van der Waals surface area contributed by atoms with Crippen molar-refractivity contribution in [2.24, 2.45) is 5.92 Å². The zero-order valence-electron chi connectivity index (χ0n) is 7.14. The van der Waals surface area contributed by atoms with Crippen LogP contribution in [0.3, 0.4) is 0 Å². The van der Waals surface area contributed by atoms with E-state index in [9.17, 15) is 27.9 Å². The van der Waals surface area contributed by atoms with Crippen molar-refractivity contribution in [3.05, 3.63) is 0 Å². The molecule has 0 N–H and O–H groups in total. The molecule has 0 aliphatic carbocycles. The van der Waals surface area contributed by atoms with Crippen LogP contribution in [-0.4, -0.2) is 17.9 Å². The molecule has 0 amide bonds. The third-order valence-electron chi connectivity index (χ3n) is 1.29. The number of hydrogen-bond acceptors (Lipinski definition) is 3. The Balaban J connectivity index is 0. The van der Waals surface area contributed by atoms with Crippen LogP contribution in [-0.2, 0) is 9.59 Å². The maximum Gasteiger partial charge on any atom is 1.00 e. The maximum atomic E-state index is 11.6. The summed E-state index contributed by atoms with van der Waals surface area (Å²) in [7, 11) is 0. The molecule has 3 nitrogen and oxygen atoms in total. The van der Waals surface area contributed by atoms with Gasteiger partial charge < -0.3 is 9.90 Å². The number of halogens is 3. The van der Waals surface area contributed by atoms with Crippen LogP contribution in [0.5, 0.6) is 0 Å². The minimum absolute atomic E-state index is 0. The van der Waals surface area contributed by atoms with Crippen molar-refractivity contribution < 1.29 is 57.4 Å². The van der Waals surface area contributed by atoms with Gasteiger partial charge in [-0.15, -0.1) is 0 Å². The number of rotatable bonds is 3. The third-order valence-corrected chi connectivity index (χ3v) is 1.29. The summed E-state index contributed by atoms with van der Waals surface area (Å²) < 4.78 is 34.8. The Morgan fingerprint density at radius 2 is 1.77 bits per heavy atom. The van der Waals surface area contributed by atoms with E-state index in [2.05, 4.69) is 0 Å². The summed E-state index contributed by atoms with van der Waals surface area (Å²) in [6, 6.07) is 0. The number of carbonyl (C=O) groups is 2. The first-order chi connectivity index (χ1) is 5.30. The third kappa shape index (κ3) is 4.64. The zero-order chi connectivity index (χ0) is 9.94. The van der Waals surface area contributed by atoms with Crippen LogP contribution in [0.1, 0.15) is 13.3 Å². The quantitative estimate of drug-likeness (QED) is 0.363. The van der Waals surface area contributed by atoms with Gasteiger partial charge in [0.15, 0.2) is 0 Å². The summed E-state index contributed by atoms with van der Waals surface area (Å²) >= 11 is 0. The molecule has 13 heavy (non-hydrogen) atoms. The second-order valence-corrected chi connectivity index (χ2v) is 2.14. The minimum Gasteiger partial charge on any atom is -0.549 e. The van der Waals surface area contributed by atoms with E-state index in [1.807, 2.05) is 0 Å². The van der Waals surface area contributed by atoms with E-state index in [1.165, 1.54) is 6.92 Å². The van der Waals surface area contributed by atoms with Crippen molar-refractivity contribution in [3.63, 3.8) is 0 Å². The predicted octanol–water partition coefficient (Wildman–Crippen LogP) is -3.10. The van der Waals surface area contributed by atoms with Crippen LogP contribution in [0, 0.1) is 5.92 Å². The van der Waals surface area contributed by atoms with Crippen molar-refractivity contribution in [2.75, 3.05) is 0 Å². The number of ketones is 1. The molecule has 1 atom stereocenters. The monoisotopic (exact) mass is 206 g/mol. The minimum atomic E-state index is -5.10. The number of hydrogen-bond donors (Lipinski definition) is 0. The van der Waals surface area contributed by atoms with Crippen LogP contribution in [0.2, 0.25) is 0 Å². The molecule has 0 heterocycles. The van der Waals surface area contributed by atoms with Gasteiger partial charge in [-0.2, -0.15) is 13.2 Å². The van der Waals surface area contributed by atoms with Gasteiger partial charge in [0, 0.05) is 0 Å². The van der Waals surface area contributed by atoms with E-state index >= 15 is 0 Å². The Morgan fingerprint density at radius 1 is 1.38 bits per heavy atom. The zero-order valence-corrected chi connectivity index (χ0v) is 9.14. The van der Waals surface area contributed by atoms with E-state index in [1.54, 1.807) is 0 Å². The summed E-state index contributed by atoms with van der Waals surface area (Å²) in [5, 5.41) is 9.99. The van der Waals surface area contributed by atoms with Crippen molar-refractivity contribution in [1.82, 2.24) is 0 Å². The van der Waals surface area contributed by atoms with Gasteiger partial charge in [-0.05, 0) is 6.42 Å². The van der Waals surface area contributed by atoms with Gasteiger partial charge in [0.2, 0.25) is 5.78 Å². The van der Waals surface area contributed by atoms with Gasteiger partial charge in [-0.1, -0.05) is 6.92 Å². The molecule has 7 heteroatoms.